The van der Waals surface area contributed by atoms with Crippen LogP contribution in [0.5, 0.6) is 5.88 Å². The number of aromatic carboxylic acids is 1. The monoisotopic (exact) mass is 605 g/mol. The zero-order valence-corrected chi connectivity index (χ0v) is 23.8. The zero-order valence-electron chi connectivity index (χ0n) is 23.8. The molecule has 226 valence electrons. The van der Waals surface area contributed by atoms with E-state index in [1.54, 1.807) is 12.1 Å². The SMILES string of the molecule is CC1(C)COCC1n1c(Cc2cc(F)c(-c3cccc(OCc4ccc(F)cc4F)n3)cc2F)nc2ccc(C(=O)O)cc21. The number of imidazole rings is 1. The highest BCUT2D eigenvalue weighted by atomic mass is 19.1. The van der Waals surface area contributed by atoms with Crippen LogP contribution in [0.1, 0.15) is 47.2 Å². The molecule has 1 atom stereocenters. The molecule has 1 fully saturated rings. The van der Waals surface area contributed by atoms with Crippen LogP contribution in [0.15, 0.2) is 66.7 Å². The molecular formula is C33H27F4N3O4. The van der Waals surface area contributed by atoms with E-state index in [4.69, 9.17) is 9.47 Å². The molecule has 3 aromatic carbocycles. The number of nitrogens with zero attached hydrogens (tertiary/aromatic N) is 3. The van der Waals surface area contributed by atoms with E-state index in [1.807, 2.05) is 18.4 Å². The van der Waals surface area contributed by atoms with E-state index in [2.05, 4.69) is 9.97 Å². The fourth-order valence-electron chi connectivity index (χ4n) is 5.45. The van der Waals surface area contributed by atoms with Gasteiger partial charge in [-0.2, -0.15) is 0 Å². The number of aromatic nitrogens is 3. The molecule has 5 aromatic rings. The van der Waals surface area contributed by atoms with Crippen molar-refractivity contribution >= 4 is 17.0 Å². The third kappa shape index (κ3) is 5.62. The second kappa shape index (κ2) is 11.4. The van der Waals surface area contributed by atoms with E-state index in [-0.39, 0.29) is 58.3 Å². The van der Waals surface area contributed by atoms with E-state index in [9.17, 15) is 18.7 Å². The normalized spacial score (nSPS) is 16.0. The minimum atomic E-state index is -1.09. The summed E-state index contributed by atoms with van der Waals surface area (Å²) in [4.78, 5) is 20.6. The standard InChI is InChI=1S/C33H27F4N3O4/c1-33(2)17-43-16-29(33)40-28-11-18(32(41)42)7-9-27(28)38-30(40)12-20-10-25(37)22(14-24(20)36)26-4-3-5-31(39-26)44-15-19-6-8-21(34)13-23(19)35/h3-11,13-14,29H,12,15-17H2,1-2H3,(H,41,42). The van der Waals surface area contributed by atoms with Crippen LogP contribution >= 0.6 is 0 Å². The maximum atomic E-state index is 15.6. The predicted molar refractivity (Wildman–Crippen MR) is 153 cm³/mol. The van der Waals surface area contributed by atoms with Crippen molar-refractivity contribution in [2.45, 2.75) is 32.9 Å². The number of rotatable bonds is 8. The van der Waals surface area contributed by atoms with Gasteiger partial charge in [-0.15, -0.1) is 0 Å². The molecule has 0 saturated carbocycles. The van der Waals surface area contributed by atoms with E-state index in [0.717, 1.165) is 24.3 Å². The lowest BCUT2D eigenvalue weighted by atomic mass is 9.87. The van der Waals surface area contributed by atoms with Crippen LogP contribution in [0, 0.1) is 28.7 Å². The average Bonchev–Trinajstić information content (AvgIpc) is 3.51. The van der Waals surface area contributed by atoms with Crippen LogP contribution in [-0.2, 0) is 17.8 Å². The molecule has 3 heterocycles. The van der Waals surface area contributed by atoms with Crippen LogP contribution in [0.25, 0.3) is 22.3 Å². The summed E-state index contributed by atoms with van der Waals surface area (Å²) in [6, 6.07) is 14.2. The van der Waals surface area contributed by atoms with E-state index >= 15 is 8.78 Å². The van der Waals surface area contributed by atoms with Gasteiger partial charge in [0.25, 0.3) is 0 Å². The Morgan fingerprint density at radius 2 is 1.77 bits per heavy atom. The van der Waals surface area contributed by atoms with E-state index in [1.165, 1.54) is 30.3 Å². The van der Waals surface area contributed by atoms with Gasteiger partial charge >= 0.3 is 5.97 Å². The van der Waals surface area contributed by atoms with Crippen LogP contribution in [-0.4, -0.2) is 38.8 Å². The average molecular weight is 606 g/mol. The number of pyridine rings is 1. The van der Waals surface area contributed by atoms with Crippen molar-refractivity contribution in [3.8, 4) is 17.1 Å². The molecule has 0 aliphatic carbocycles. The van der Waals surface area contributed by atoms with E-state index < -0.39 is 29.2 Å². The van der Waals surface area contributed by atoms with Crippen molar-refractivity contribution in [3.05, 3.63) is 113 Å². The lowest BCUT2D eigenvalue weighted by Gasteiger charge is -2.28. The number of carboxylic acids is 1. The van der Waals surface area contributed by atoms with Gasteiger partial charge in [0.1, 0.15) is 35.7 Å². The molecule has 0 radical (unpaired) electrons. The Morgan fingerprint density at radius 1 is 0.977 bits per heavy atom. The Morgan fingerprint density at radius 3 is 2.50 bits per heavy atom. The fraction of sp³-hybridized carbons (Fsp3) is 0.242. The summed E-state index contributed by atoms with van der Waals surface area (Å²) in [5.74, 6) is -3.49. The van der Waals surface area contributed by atoms with Crippen molar-refractivity contribution in [3.63, 3.8) is 0 Å². The number of halogens is 4. The van der Waals surface area contributed by atoms with Gasteiger partial charge in [0.2, 0.25) is 5.88 Å². The Labute approximate surface area is 249 Å². The van der Waals surface area contributed by atoms with Gasteiger partial charge in [-0.05, 0) is 54.1 Å². The number of benzene rings is 3. The zero-order chi connectivity index (χ0) is 31.2. The maximum Gasteiger partial charge on any atom is 0.335 e. The second-order valence-electron chi connectivity index (χ2n) is 11.4. The Hall–Kier alpha value is -4.77. The Kier molecular flexibility index (Phi) is 7.58. The van der Waals surface area contributed by atoms with Crippen molar-refractivity contribution in [1.82, 2.24) is 14.5 Å². The summed E-state index contributed by atoms with van der Waals surface area (Å²) in [7, 11) is 0. The van der Waals surface area contributed by atoms with Crippen molar-refractivity contribution in [2.75, 3.05) is 13.2 Å². The molecule has 11 heteroatoms. The molecule has 1 saturated heterocycles. The third-order valence-electron chi connectivity index (χ3n) is 7.85. The molecule has 1 N–H and O–H groups in total. The van der Waals surface area contributed by atoms with Gasteiger partial charge in [0.15, 0.2) is 0 Å². The van der Waals surface area contributed by atoms with Gasteiger partial charge in [-0.3, -0.25) is 0 Å². The lowest BCUT2D eigenvalue weighted by Crippen LogP contribution is -2.27. The lowest BCUT2D eigenvalue weighted by molar-refractivity contribution is 0.0697. The summed E-state index contributed by atoms with van der Waals surface area (Å²) < 4.78 is 71.5. The molecule has 44 heavy (non-hydrogen) atoms. The highest BCUT2D eigenvalue weighted by Crippen LogP contribution is 2.40. The molecule has 0 amide bonds. The molecule has 0 spiro atoms. The number of hydrogen-bond donors (Lipinski definition) is 1. The molecule has 7 nitrogen and oxygen atoms in total. The number of hydrogen-bond acceptors (Lipinski definition) is 5. The first-order chi connectivity index (χ1) is 21.0. The highest BCUT2D eigenvalue weighted by Gasteiger charge is 2.39. The number of carboxylic acid groups (broad SMARTS) is 1. The number of fused-ring (bicyclic) bond motifs is 1. The van der Waals surface area contributed by atoms with Gasteiger partial charge in [-0.1, -0.05) is 19.9 Å². The first-order valence-corrected chi connectivity index (χ1v) is 13.8. The third-order valence-corrected chi connectivity index (χ3v) is 7.85. The van der Waals surface area contributed by atoms with E-state index in [0.29, 0.717) is 30.1 Å². The largest absolute Gasteiger partial charge is 0.478 e. The van der Waals surface area contributed by atoms with Gasteiger partial charge in [-0.25, -0.2) is 32.3 Å². The Balaban J connectivity index is 1.31. The van der Waals surface area contributed by atoms with Crippen molar-refractivity contribution in [2.24, 2.45) is 5.41 Å². The summed E-state index contributed by atoms with van der Waals surface area (Å²) in [5.41, 5.74) is 1.03. The molecular weight excluding hydrogens is 578 g/mol. The maximum absolute atomic E-state index is 15.6. The summed E-state index contributed by atoms with van der Waals surface area (Å²) in [6.45, 7) is 4.64. The van der Waals surface area contributed by atoms with Crippen LogP contribution in [0.3, 0.4) is 0 Å². The summed E-state index contributed by atoms with van der Waals surface area (Å²) in [6.07, 6.45) is -0.0630. The molecule has 1 aliphatic rings. The van der Waals surface area contributed by atoms with Crippen LogP contribution in [0.4, 0.5) is 17.6 Å². The molecule has 2 aromatic heterocycles. The molecule has 1 aliphatic heterocycles. The van der Waals surface area contributed by atoms with Crippen LogP contribution in [0.2, 0.25) is 0 Å². The second-order valence-corrected chi connectivity index (χ2v) is 11.4. The highest BCUT2D eigenvalue weighted by molar-refractivity contribution is 5.92. The fourth-order valence-corrected chi connectivity index (χ4v) is 5.45. The topological polar surface area (TPSA) is 86.5 Å². The molecule has 1 unspecified atom stereocenters. The smallest absolute Gasteiger partial charge is 0.335 e. The number of ether oxygens (including phenoxy) is 2. The summed E-state index contributed by atoms with van der Waals surface area (Å²) >= 11 is 0. The van der Waals surface area contributed by atoms with Crippen LogP contribution < -0.4 is 4.74 Å². The summed E-state index contributed by atoms with van der Waals surface area (Å²) in [5, 5.41) is 9.57. The van der Waals surface area contributed by atoms with Gasteiger partial charge in [0, 0.05) is 35.1 Å². The Bertz CT molecular complexity index is 1910. The first kappa shape index (κ1) is 29.3. The van der Waals surface area contributed by atoms with Crippen molar-refractivity contribution in [1.29, 1.82) is 0 Å². The minimum absolute atomic E-state index is 0.0472. The molecule has 0 bridgehead atoms. The minimum Gasteiger partial charge on any atom is -0.478 e. The molecule has 6 rings (SSSR count). The first-order valence-electron chi connectivity index (χ1n) is 13.8. The number of carbonyl (C=O) groups is 1. The predicted octanol–water partition coefficient (Wildman–Crippen LogP) is 7.12. The van der Waals surface area contributed by atoms with Gasteiger partial charge in [0.05, 0.1) is 41.5 Å². The van der Waals surface area contributed by atoms with Gasteiger partial charge < -0.3 is 19.1 Å². The van der Waals surface area contributed by atoms with Crippen molar-refractivity contribution < 1.29 is 36.9 Å². The quantitative estimate of drug-likeness (QED) is 0.190.